The number of aromatic nitrogens is 2. The summed E-state index contributed by atoms with van der Waals surface area (Å²) in [5, 5.41) is 15.4. The van der Waals surface area contributed by atoms with Gasteiger partial charge in [0.1, 0.15) is 6.04 Å². The Morgan fingerprint density at radius 3 is 2.69 bits per heavy atom. The van der Waals surface area contributed by atoms with Crippen LogP contribution in [0.3, 0.4) is 0 Å². The number of benzene rings is 1. The number of hydrogen-bond acceptors (Lipinski definition) is 3. The molecule has 2 rings (SSSR count). The molecular weight excluding hydrogens is 206 g/mol. The molecule has 4 N–H and O–H groups in total. The minimum atomic E-state index is -1.08. The van der Waals surface area contributed by atoms with Crippen LogP contribution in [0.4, 0.5) is 0 Å². The molecule has 2 aromatic rings. The van der Waals surface area contributed by atoms with Crippen LogP contribution in [0, 0.1) is 0 Å². The van der Waals surface area contributed by atoms with Gasteiger partial charge in [0.15, 0.2) is 0 Å². The van der Waals surface area contributed by atoms with E-state index in [1.54, 1.807) is 6.07 Å². The predicted octanol–water partition coefficient (Wildman–Crippen LogP) is 1.16. The van der Waals surface area contributed by atoms with Gasteiger partial charge in [-0.05, 0) is 6.07 Å². The van der Waals surface area contributed by atoms with Gasteiger partial charge >= 0.3 is 5.97 Å². The minimum Gasteiger partial charge on any atom is -0.480 e. The first-order valence-electron chi connectivity index (χ1n) is 4.77. The zero-order valence-corrected chi connectivity index (χ0v) is 8.42. The van der Waals surface area contributed by atoms with Crippen LogP contribution in [0.1, 0.15) is 11.7 Å². The van der Waals surface area contributed by atoms with Gasteiger partial charge in [-0.25, -0.2) is 0 Å². The van der Waals surface area contributed by atoms with E-state index in [4.69, 9.17) is 10.8 Å². The lowest BCUT2D eigenvalue weighted by Crippen LogP contribution is -2.20. The summed E-state index contributed by atoms with van der Waals surface area (Å²) < 4.78 is 0. The highest BCUT2D eigenvalue weighted by atomic mass is 16.4. The Kier molecular flexibility index (Phi) is 2.70. The van der Waals surface area contributed by atoms with Crippen molar-refractivity contribution in [3.8, 4) is 11.3 Å². The highest BCUT2D eigenvalue weighted by Crippen LogP contribution is 2.19. The molecule has 1 unspecified atom stereocenters. The number of carboxylic acids is 1. The molecule has 1 heterocycles. The van der Waals surface area contributed by atoms with Crippen molar-refractivity contribution in [3.63, 3.8) is 0 Å². The predicted molar refractivity (Wildman–Crippen MR) is 58.6 cm³/mol. The average Bonchev–Trinajstić information content (AvgIpc) is 2.78. The topological polar surface area (TPSA) is 92.0 Å². The molecule has 16 heavy (non-hydrogen) atoms. The SMILES string of the molecule is NC(C(=O)O)c1cc(-c2ccccc2)n[nH]1. The third-order valence-corrected chi connectivity index (χ3v) is 2.27. The smallest absolute Gasteiger partial charge is 0.326 e. The Balaban J connectivity index is 2.30. The molecule has 0 amide bonds. The van der Waals surface area contributed by atoms with Crippen LogP contribution in [0.25, 0.3) is 11.3 Å². The van der Waals surface area contributed by atoms with Crippen molar-refractivity contribution in [2.24, 2.45) is 5.73 Å². The van der Waals surface area contributed by atoms with Crippen molar-refractivity contribution in [1.29, 1.82) is 0 Å². The maximum atomic E-state index is 10.7. The maximum Gasteiger partial charge on any atom is 0.326 e. The Bertz CT molecular complexity index is 493. The fourth-order valence-corrected chi connectivity index (χ4v) is 1.39. The molecule has 1 atom stereocenters. The van der Waals surface area contributed by atoms with Gasteiger partial charge in [0.2, 0.25) is 0 Å². The summed E-state index contributed by atoms with van der Waals surface area (Å²) in [4.78, 5) is 10.7. The maximum absolute atomic E-state index is 10.7. The van der Waals surface area contributed by atoms with Gasteiger partial charge in [0.25, 0.3) is 0 Å². The summed E-state index contributed by atoms with van der Waals surface area (Å²) in [5.74, 6) is -1.08. The van der Waals surface area contributed by atoms with Crippen molar-refractivity contribution in [3.05, 3.63) is 42.1 Å². The van der Waals surface area contributed by atoms with Crippen LogP contribution >= 0.6 is 0 Å². The molecule has 0 spiro atoms. The molecule has 1 aromatic carbocycles. The van der Waals surface area contributed by atoms with Gasteiger partial charge in [-0.15, -0.1) is 0 Å². The number of rotatable bonds is 3. The lowest BCUT2D eigenvalue weighted by molar-refractivity contribution is -0.138. The minimum absolute atomic E-state index is 0.395. The molecule has 0 aliphatic carbocycles. The van der Waals surface area contributed by atoms with Crippen LogP contribution in [0.2, 0.25) is 0 Å². The van der Waals surface area contributed by atoms with E-state index in [1.807, 2.05) is 30.3 Å². The second-order valence-corrected chi connectivity index (χ2v) is 3.39. The van der Waals surface area contributed by atoms with Crippen LogP contribution in [-0.2, 0) is 4.79 Å². The van der Waals surface area contributed by atoms with Crippen molar-refractivity contribution < 1.29 is 9.90 Å². The monoisotopic (exact) mass is 217 g/mol. The number of aromatic amines is 1. The van der Waals surface area contributed by atoms with Crippen molar-refractivity contribution in [2.75, 3.05) is 0 Å². The number of carbonyl (C=O) groups is 1. The Labute approximate surface area is 91.9 Å². The van der Waals surface area contributed by atoms with E-state index in [2.05, 4.69) is 10.2 Å². The van der Waals surface area contributed by atoms with E-state index in [1.165, 1.54) is 0 Å². The van der Waals surface area contributed by atoms with Crippen molar-refractivity contribution in [2.45, 2.75) is 6.04 Å². The van der Waals surface area contributed by atoms with Gasteiger partial charge in [-0.3, -0.25) is 9.89 Å². The van der Waals surface area contributed by atoms with Crippen LogP contribution < -0.4 is 5.73 Å². The van der Waals surface area contributed by atoms with Gasteiger partial charge in [-0.1, -0.05) is 30.3 Å². The number of hydrogen-bond donors (Lipinski definition) is 3. The molecular formula is C11H11N3O2. The highest BCUT2D eigenvalue weighted by molar-refractivity contribution is 5.75. The quantitative estimate of drug-likeness (QED) is 0.719. The molecule has 0 saturated carbocycles. The van der Waals surface area contributed by atoms with E-state index in [-0.39, 0.29) is 0 Å². The van der Waals surface area contributed by atoms with E-state index >= 15 is 0 Å². The molecule has 0 aliphatic heterocycles. The molecule has 0 radical (unpaired) electrons. The summed E-state index contributed by atoms with van der Waals surface area (Å²) in [5.41, 5.74) is 7.46. The van der Waals surface area contributed by atoms with Crippen LogP contribution in [-0.4, -0.2) is 21.3 Å². The van der Waals surface area contributed by atoms with Crippen LogP contribution in [0.15, 0.2) is 36.4 Å². The van der Waals surface area contributed by atoms with E-state index < -0.39 is 12.0 Å². The first-order chi connectivity index (χ1) is 7.68. The zero-order valence-electron chi connectivity index (χ0n) is 8.42. The second-order valence-electron chi connectivity index (χ2n) is 3.39. The van der Waals surface area contributed by atoms with Crippen LogP contribution in [0.5, 0.6) is 0 Å². The molecule has 5 heteroatoms. The standard InChI is InChI=1S/C11H11N3O2/c12-10(11(15)16)9-6-8(13-14-9)7-4-2-1-3-5-7/h1-6,10H,12H2,(H,13,14)(H,15,16). The molecule has 0 bridgehead atoms. The van der Waals surface area contributed by atoms with Gasteiger partial charge in [-0.2, -0.15) is 5.10 Å². The molecule has 0 fully saturated rings. The highest BCUT2D eigenvalue weighted by Gasteiger charge is 2.17. The largest absolute Gasteiger partial charge is 0.480 e. The molecule has 1 aromatic heterocycles. The fourth-order valence-electron chi connectivity index (χ4n) is 1.39. The summed E-state index contributed by atoms with van der Waals surface area (Å²) in [6, 6.07) is 10.1. The van der Waals surface area contributed by atoms with Crippen molar-refractivity contribution >= 4 is 5.97 Å². The number of nitrogens with two attached hydrogens (primary N) is 1. The Hall–Kier alpha value is -2.14. The lowest BCUT2D eigenvalue weighted by Gasteiger charge is -2.00. The molecule has 0 aliphatic rings. The number of nitrogens with zero attached hydrogens (tertiary/aromatic N) is 1. The van der Waals surface area contributed by atoms with Gasteiger partial charge < -0.3 is 10.8 Å². The van der Waals surface area contributed by atoms with E-state index in [0.29, 0.717) is 11.4 Å². The summed E-state index contributed by atoms with van der Waals surface area (Å²) >= 11 is 0. The normalized spacial score (nSPS) is 12.3. The summed E-state index contributed by atoms with van der Waals surface area (Å²) in [6.45, 7) is 0. The first kappa shape index (κ1) is 10.4. The zero-order chi connectivity index (χ0) is 11.5. The number of aliphatic carboxylic acids is 1. The number of H-pyrrole nitrogens is 1. The van der Waals surface area contributed by atoms with E-state index in [9.17, 15) is 4.79 Å². The molecule has 0 saturated heterocycles. The van der Waals surface area contributed by atoms with Gasteiger partial charge in [0.05, 0.1) is 11.4 Å². The third-order valence-electron chi connectivity index (χ3n) is 2.27. The third kappa shape index (κ3) is 1.94. The van der Waals surface area contributed by atoms with Crippen molar-refractivity contribution in [1.82, 2.24) is 10.2 Å². The Morgan fingerprint density at radius 2 is 2.06 bits per heavy atom. The Morgan fingerprint density at radius 1 is 1.38 bits per heavy atom. The summed E-state index contributed by atoms with van der Waals surface area (Å²) in [6.07, 6.45) is 0. The second kappa shape index (κ2) is 4.16. The fraction of sp³-hybridized carbons (Fsp3) is 0.0909. The van der Waals surface area contributed by atoms with Gasteiger partial charge in [0, 0.05) is 5.56 Å². The number of nitrogens with one attached hydrogen (secondary N) is 1. The average molecular weight is 217 g/mol. The molecule has 5 nitrogen and oxygen atoms in total. The first-order valence-corrected chi connectivity index (χ1v) is 4.77. The lowest BCUT2D eigenvalue weighted by atomic mass is 10.1. The number of carboxylic acid groups (broad SMARTS) is 1. The van der Waals surface area contributed by atoms with E-state index in [0.717, 1.165) is 5.56 Å². The molecule has 82 valence electrons. The summed E-state index contributed by atoms with van der Waals surface area (Å²) in [7, 11) is 0.